The van der Waals surface area contributed by atoms with E-state index >= 15 is 0 Å². The summed E-state index contributed by atoms with van der Waals surface area (Å²) in [4.78, 5) is 43.4. The Hall–Kier alpha value is -3.54. The van der Waals surface area contributed by atoms with Gasteiger partial charge in [0.25, 0.3) is 0 Å². The average molecular weight is 603 g/mol. The van der Waals surface area contributed by atoms with Gasteiger partial charge >= 0.3 is 11.0 Å². The molecule has 40 heavy (non-hydrogen) atoms. The predicted molar refractivity (Wildman–Crippen MR) is 146 cm³/mol. The molecule has 0 unspecified atom stereocenters. The quantitative estimate of drug-likeness (QED) is 0.264. The van der Waals surface area contributed by atoms with Crippen molar-refractivity contribution in [1.82, 2.24) is 4.98 Å². The fourth-order valence-corrected chi connectivity index (χ4v) is 7.74. The van der Waals surface area contributed by atoms with Crippen molar-refractivity contribution in [1.29, 1.82) is 0 Å². The van der Waals surface area contributed by atoms with Crippen LogP contribution in [0, 0.1) is 5.92 Å². The van der Waals surface area contributed by atoms with Gasteiger partial charge in [-0.2, -0.15) is 13.2 Å². The minimum atomic E-state index is -4.63. The Bertz CT molecular complexity index is 1690. The number of benzene rings is 3. The highest BCUT2D eigenvalue weighted by Gasteiger charge is 2.56. The molecule has 6 rings (SSSR count). The molecule has 6 nitrogen and oxygen atoms in total. The van der Waals surface area contributed by atoms with Gasteiger partial charge in [-0.05, 0) is 53.6 Å². The second kappa shape index (κ2) is 10.1. The molecular weight excluding hydrogens is 585 g/mol. The first-order valence-electron chi connectivity index (χ1n) is 12.0. The number of imide groups is 1. The van der Waals surface area contributed by atoms with E-state index in [0.29, 0.717) is 26.2 Å². The van der Waals surface area contributed by atoms with Crippen LogP contribution in [0.4, 0.5) is 18.9 Å². The number of rotatable bonds is 5. The number of halogens is 4. The van der Waals surface area contributed by atoms with Crippen molar-refractivity contribution >= 4 is 52.2 Å². The smallest absolute Gasteiger partial charge is 0.416 e. The van der Waals surface area contributed by atoms with E-state index in [-0.39, 0.29) is 17.2 Å². The number of nitrogens with one attached hydrogen (secondary N) is 1. The molecule has 0 aliphatic carbocycles. The number of carbonyl (C=O) groups is 2. The number of anilines is 1. The third-order valence-electron chi connectivity index (χ3n) is 6.79. The molecule has 0 bridgehead atoms. The zero-order valence-electron chi connectivity index (χ0n) is 20.3. The molecule has 0 spiro atoms. The highest BCUT2D eigenvalue weighted by Crippen LogP contribution is 2.53. The van der Waals surface area contributed by atoms with Gasteiger partial charge in [0, 0.05) is 15.8 Å². The Morgan fingerprint density at radius 2 is 1.70 bits per heavy atom. The van der Waals surface area contributed by atoms with Gasteiger partial charge in [0.15, 0.2) is 0 Å². The van der Waals surface area contributed by atoms with Crippen molar-refractivity contribution in [3.63, 3.8) is 0 Å². The number of nitrogens with zero attached hydrogens (tertiary/aromatic N) is 1. The summed E-state index contributed by atoms with van der Waals surface area (Å²) in [5.74, 6) is -2.24. The van der Waals surface area contributed by atoms with E-state index < -0.39 is 40.6 Å². The van der Waals surface area contributed by atoms with Gasteiger partial charge in [-0.3, -0.25) is 14.4 Å². The largest absolute Gasteiger partial charge is 0.489 e. The number of amides is 2. The number of hydrogen-bond donors (Lipinski definition) is 1. The van der Waals surface area contributed by atoms with Gasteiger partial charge in [0.2, 0.25) is 11.8 Å². The minimum absolute atomic E-state index is 0.139. The average Bonchev–Trinajstić information content (AvgIpc) is 3.41. The summed E-state index contributed by atoms with van der Waals surface area (Å²) in [7, 11) is 0. The number of fused-ring (bicyclic) bond motifs is 2. The molecule has 3 aromatic carbocycles. The molecule has 0 radical (unpaired) electrons. The minimum Gasteiger partial charge on any atom is -0.489 e. The molecule has 1 saturated heterocycles. The lowest BCUT2D eigenvalue weighted by molar-refractivity contribution is -0.137. The number of alkyl halides is 3. The summed E-state index contributed by atoms with van der Waals surface area (Å²) in [6.07, 6.45) is -4.63. The topological polar surface area (TPSA) is 79.5 Å². The van der Waals surface area contributed by atoms with Gasteiger partial charge in [0.1, 0.15) is 17.6 Å². The Kier molecular flexibility index (Phi) is 6.76. The van der Waals surface area contributed by atoms with Gasteiger partial charge in [0.05, 0.1) is 22.2 Å². The summed E-state index contributed by atoms with van der Waals surface area (Å²) in [5, 5.41) is 0.163. The van der Waals surface area contributed by atoms with Crippen LogP contribution in [0.5, 0.6) is 5.75 Å². The third kappa shape index (κ3) is 4.82. The number of aromatic nitrogens is 1. The highest BCUT2D eigenvalue weighted by molar-refractivity contribution is 8.00. The molecule has 2 aliphatic rings. The maximum absolute atomic E-state index is 13.8. The van der Waals surface area contributed by atoms with Crippen LogP contribution in [0.3, 0.4) is 0 Å². The van der Waals surface area contributed by atoms with E-state index in [4.69, 9.17) is 16.3 Å². The molecule has 2 amide bonds. The monoisotopic (exact) mass is 602 g/mol. The summed E-state index contributed by atoms with van der Waals surface area (Å²) >= 11 is 8.05. The van der Waals surface area contributed by atoms with Gasteiger partial charge in [-0.1, -0.05) is 65.0 Å². The Morgan fingerprint density at radius 1 is 0.950 bits per heavy atom. The zero-order valence-corrected chi connectivity index (χ0v) is 22.7. The molecule has 204 valence electrons. The molecule has 3 heterocycles. The highest BCUT2D eigenvalue weighted by atomic mass is 35.5. The molecular formula is C28H18ClF3N2O4S2. The number of ether oxygens (including phenoxy) is 1. The number of H-pyrrole nitrogens is 1. The lowest BCUT2D eigenvalue weighted by atomic mass is 9.83. The van der Waals surface area contributed by atoms with E-state index in [1.54, 1.807) is 36.4 Å². The lowest BCUT2D eigenvalue weighted by Gasteiger charge is -2.29. The first kappa shape index (κ1) is 26.7. The summed E-state index contributed by atoms with van der Waals surface area (Å²) in [5.41, 5.74) is 0.464. The predicted octanol–water partition coefficient (Wildman–Crippen LogP) is 6.48. The molecule has 1 fully saturated rings. The first-order chi connectivity index (χ1) is 19.1. The Balaban J connectivity index is 1.33. The summed E-state index contributed by atoms with van der Waals surface area (Å²) < 4.78 is 46.0. The first-order valence-corrected chi connectivity index (χ1v) is 14.1. The number of aromatic amines is 1. The molecule has 1 N–H and O–H groups in total. The maximum atomic E-state index is 13.8. The van der Waals surface area contributed by atoms with Crippen molar-refractivity contribution in [3.8, 4) is 5.75 Å². The van der Waals surface area contributed by atoms with Crippen LogP contribution >= 0.6 is 34.7 Å². The molecule has 12 heteroatoms. The molecule has 4 aromatic rings. The van der Waals surface area contributed by atoms with E-state index in [2.05, 4.69) is 4.98 Å². The van der Waals surface area contributed by atoms with E-state index in [9.17, 15) is 27.6 Å². The Morgan fingerprint density at radius 3 is 2.42 bits per heavy atom. The summed E-state index contributed by atoms with van der Waals surface area (Å²) in [6.45, 7) is 0.285. The van der Waals surface area contributed by atoms with Gasteiger partial charge < -0.3 is 9.72 Å². The van der Waals surface area contributed by atoms with Crippen LogP contribution in [0.1, 0.15) is 27.5 Å². The number of hydrogen-bond acceptors (Lipinski definition) is 6. The van der Waals surface area contributed by atoms with Gasteiger partial charge in [-0.15, -0.1) is 0 Å². The Labute approximate surface area is 238 Å². The number of carbonyl (C=O) groups excluding carboxylic acids is 2. The van der Waals surface area contributed by atoms with Crippen LogP contribution in [0.2, 0.25) is 5.02 Å². The van der Waals surface area contributed by atoms with Crippen molar-refractivity contribution in [2.45, 2.75) is 29.0 Å². The van der Waals surface area contributed by atoms with E-state index in [0.717, 1.165) is 45.7 Å². The van der Waals surface area contributed by atoms with E-state index in [1.807, 2.05) is 12.1 Å². The van der Waals surface area contributed by atoms with Crippen LogP contribution in [-0.4, -0.2) is 22.0 Å². The third-order valence-corrected chi connectivity index (χ3v) is 9.43. The number of thiazole rings is 1. The standard InChI is InChI=1S/C28H18ClF3N2O4S2/c29-17-5-1-3-14(11-17)13-38-19-9-7-15(8-10-19)20-21-23(39-24-22(20)40-27(37)33-24)26(36)34(25(21)35)18-6-2-4-16(12-18)28(30,31)32/h1-12,20-21,23H,13H2,(H,33,37)/t20-,21-,23+/m0/s1. The molecule has 0 saturated carbocycles. The summed E-state index contributed by atoms with van der Waals surface area (Å²) in [6, 6.07) is 18.4. The second-order valence-electron chi connectivity index (χ2n) is 9.30. The molecule has 1 aromatic heterocycles. The van der Waals surface area contributed by atoms with Crippen LogP contribution in [-0.2, 0) is 22.4 Å². The molecule has 3 atom stereocenters. The SMILES string of the molecule is O=C1[C@H]2[C@H](c3ccc(OCc4cccc(Cl)c4)cc3)c3sc(=O)[nH]c3S[C@H]2C(=O)N1c1cccc(C(F)(F)F)c1. The second-order valence-corrected chi connectivity index (χ2v) is 11.9. The fraction of sp³-hybridized carbons (Fsp3) is 0.179. The van der Waals surface area contributed by atoms with E-state index in [1.165, 1.54) is 12.1 Å². The number of thioether (sulfide) groups is 1. The van der Waals surface area contributed by atoms with Crippen molar-refractivity contribution < 1.29 is 27.5 Å². The van der Waals surface area contributed by atoms with Crippen LogP contribution in [0.15, 0.2) is 82.6 Å². The maximum Gasteiger partial charge on any atom is 0.416 e. The van der Waals surface area contributed by atoms with Gasteiger partial charge in [-0.25, -0.2) is 4.90 Å². The zero-order chi connectivity index (χ0) is 28.2. The normalized spacial score (nSPS) is 20.4. The molecule has 2 aliphatic heterocycles. The van der Waals surface area contributed by atoms with Crippen LogP contribution < -0.4 is 14.5 Å². The lowest BCUT2D eigenvalue weighted by Crippen LogP contribution is -2.32. The fourth-order valence-electron chi connectivity index (χ4n) is 5.02. The van der Waals surface area contributed by atoms with Crippen molar-refractivity contribution in [2.75, 3.05) is 4.90 Å². The van der Waals surface area contributed by atoms with Crippen LogP contribution in [0.25, 0.3) is 0 Å². The van der Waals surface area contributed by atoms with Crippen molar-refractivity contribution in [3.05, 3.63) is 109 Å². The van der Waals surface area contributed by atoms with Crippen molar-refractivity contribution in [2.24, 2.45) is 5.92 Å².